The smallest absolute Gasteiger partial charge is 0.348 e. The van der Waals surface area contributed by atoms with Crippen LogP contribution in [-0.4, -0.2) is 13.4 Å². The molecule has 0 aliphatic heterocycles. The fourth-order valence-corrected chi connectivity index (χ4v) is 1.66. The van der Waals surface area contributed by atoms with Crippen LogP contribution in [0.4, 0.5) is 0 Å². The molecule has 0 aliphatic carbocycles. The first-order valence-corrected chi connectivity index (χ1v) is 4.80. The van der Waals surface area contributed by atoms with E-state index in [9.17, 15) is 9.59 Å². The predicted molar refractivity (Wildman–Crippen MR) is 59.4 cm³/mol. The van der Waals surface area contributed by atoms with E-state index in [1.54, 1.807) is 12.1 Å². The summed E-state index contributed by atoms with van der Waals surface area (Å²) >= 11 is 5.91. The van der Waals surface area contributed by atoms with Crippen molar-refractivity contribution >= 4 is 28.9 Å². The van der Waals surface area contributed by atoms with E-state index in [1.165, 1.54) is 13.2 Å². The number of hydrogen-bond donors (Lipinski definition) is 0. The number of benzene rings is 1. The van der Waals surface area contributed by atoms with Gasteiger partial charge in [-0.15, -0.1) is 0 Å². The minimum atomic E-state index is -0.749. The maximum Gasteiger partial charge on any atom is 0.348 e. The number of methoxy groups -OCH3 is 1. The summed E-state index contributed by atoms with van der Waals surface area (Å²) in [7, 11) is 1.50. The normalized spacial score (nSPS) is 10.4. The predicted octanol–water partition coefficient (Wildman–Crippen LogP) is 2.27. The highest BCUT2D eigenvalue weighted by atomic mass is 35.5. The maximum atomic E-state index is 11.4. The molecule has 2 rings (SSSR count). The highest BCUT2D eigenvalue weighted by Gasteiger charge is 2.12. The van der Waals surface area contributed by atoms with Crippen LogP contribution in [-0.2, 0) is 0 Å². The quantitative estimate of drug-likeness (QED) is 0.595. The minimum absolute atomic E-state index is 0.101. The van der Waals surface area contributed by atoms with E-state index in [2.05, 4.69) is 0 Å². The van der Waals surface area contributed by atoms with Crippen molar-refractivity contribution in [2.24, 2.45) is 0 Å². The van der Waals surface area contributed by atoms with Gasteiger partial charge in [0.25, 0.3) is 0 Å². The van der Waals surface area contributed by atoms with E-state index in [0.717, 1.165) is 0 Å². The van der Waals surface area contributed by atoms with Gasteiger partial charge in [0.05, 0.1) is 12.1 Å². The summed E-state index contributed by atoms with van der Waals surface area (Å²) in [5.74, 6) is 0.547. The van der Waals surface area contributed by atoms with Crippen LogP contribution in [0.25, 0.3) is 11.0 Å². The van der Waals surface area contributed by atoms with Gasteiger partial charge in [0.15, 0.2) is 6.29 Å². The lowest BCUT2D eigenvalue weighted by molar-refractivity contribution is 0.112. The molecule has 0 aliphatic rings. The lowest BCUT2D eigenvalue weighted by Gasteiger charge is -2.03. The van der Waals surface area contributed by atoms with Gasteiger partial charge < -0.3 is 9.15 Å². The van der Waals surface area contributed by atoms with E-state index < -0.39 is 5.63 Å². The Morgan fingerprint density at radius 3 is 2.81 bits per heavy atom. The second-order valence-electron chi connectivity index (χ2n) is 3.10. The number of aldehydes is 1. The summed E-state index contributed by atoms with van der Waals surface area (Å²) in [5.41, 5.74) is -0.625. The molecule has 5 heteroatoms. The van der Waals surface area contributed by atoms with E-state index in [-0.39, 0.29) is 10.6 Å². The Bertz CT molecular complexity index is 615. The topological polar surface area (TPSA) is 56.5 Å². The first-order valence-electron chi connectivity index (χ1n) is 4.43. The van der Waals surface area contributed by atoms with Crippen LogP contribution < -0.4 is 10.4 Å². The second kappa shape index (κ2) is 3.98. The third-order valence-corrected chi connectivity index (χ3v) is 2.61. The van der Waals surface area contributed by atoms with Crippen LogP contribution in [0.1, 0.15) is 10.4 Å². The molecule has 1 aromatic heterocycles. The molecule has 0 amide bonds. The van der Waals surface area contributed by atoms with Crippen molar-refractivity contribution in [1.29, 1.82) is 0 Å². The van der Waals surface area contributed by atoms with Gasteiger partial charge in [-0.05, 0) is 12.1 Å². The van der Waals surface area contributed by atoms with Gasteiger partial charge in [0.1, 0.15) is 16.9 Å². The molecule has 1 aromatic carbocycles. The van der Waals surface area contributed by atoms with E-state index in [1.807, 2.05) is 0 Å². The molecule has 0 bridgehead atoms. The Labute approximate surface area is 95.4 Å². The maximum absolute atomic E-state index is 11.4. The number of fused-ring (bicyclic) bond motifs is 1. The standard InChI is InChI=1S/C11H7ClO4/c1-15-6-2-3-7-9(4-6)16-11(14)8(5-13)10(7)12/h2-5H,1H3. The number of hydrogen-bond acceptors (Lipinski definition) is 4. The molecule has 2 aromatic rings. The Balaban J connectivity index is 2.87. The van der Waals surface area contributed by atoms with Crippen LogP contribution in [0.15, 0.2) is 27.4 Å². The highest BCUT2D eigenvalue weighted by Crippen LogP contribution is 2.27. The molecule has 16 heavy (non-hydrogen) atoms. The van der Waals surface area contributed by atoms with E-state index in [4.69, 9.17) is 20.8 Å². The molecule has 1 heterocycles. The zero-order valence-corrected chi connectivity index (χ0v) is 9.08. The number of rotatable bonds is 2. The molecule has 0 N–H and O–H groups in total. The summed E-state index contributed by atoms with van der Waals surface area (Å²) in [4.78, 5) is 22.0. The Morgan fingerprint density at radius 2 is 2.19 bits per heavy atom. The minimum Gasteiger partial charge on any atom is -0.497 e. The summed E-state index contributed by atoms with van der Waals surface area (Å²) in [6, 6.07) is 4.84. The summed E-state index contributed by atoms with van der Waals surface area (Å²) in [6.45, 7) is 0. The molecule has 0 fully saturated rings. The van der Waals surface area contributed by atoms with E-state index in [0.29, 0.717) is 23.0 Å². The largest absolute Gasteiger partial charge is 0.497 e. The zero-order valence-electron chi connectivity index (χ0n) is 8.32. The number of carbonyl (C=O) groups is 1. The van der Waals surface area contributed by atoms with Crippen LogP contribution in [0.3, 0.4) is 0 Å². The number of carbonyl (C=O) groups excluding carboxylic acids is 1. The second-order valence-corrected chi connectivity index (χ2v) is 3.48. The van der Waals surface area contributed by atoms with Gasteiger partial charge in [0, 0.05) is 11.5 Å². The third-order valence-electron chi connectivity index (χ3n) is 2.20. The van der Waals surface area contributed by atoms with Crippen LogP contribution in [0.2, 0.25) is 5.02 Å². The van der Waals surface area contributed by atoms with Gasteiger partial charge in [-0.1, -0.05) is 11.6 Å². The Kier molecular flexibility index (Phi) is 2.66. The lowest BCUT2D eigenvalue weighted by Crippen LogP contribution is -2.07. The molecule has 0 spiro atoms. The van der Waals surface area contributed by atoms with E-state index >= 15 is 0 Å². The van der Waals surface area contributed by atoms with Gasteiger partial charge in [-0.3, -0.25) is 4.79 Å². The molecule has 82 valence electrons. The first kappa shape index (κ1) is 10.7. The number of halogens is 1. The average Bonchev–Trinajstić information content (AvgIpc) is 2.28. The molecule has 0 saturated heterocycles. The molecule has 0 atom stereocenters. The summed E-state index contributed by atoms with van der Waals surface area (Å²) in [5, 5.41) is 0.605. The Hall–Kier alpha value is -1.81. The van der Waals surface area contributed by atoms with Crippen molar-refractivity contribution in [1.82, 2.24) is 0 Å². The molecule has 0 unspecified atom stereocenters. The van der Waals surface area contributed by atoms with Crippen LogP contribution in [0.5, 0.6) is 5.75 Å². The van der Waals surface area contributed by atoms with Gasteiger partial charge in [-0.2, -0.15) is 0 Å². The first-order chi connectivity index (χ1) is 7.67. The molecular formula is C11H7ClO4. The molecule has 0 saturated carbocycles. The Morgan fingerprint density at radius 1 is 1.44 bits per heavy atom. The SMILES string of the molecule is COc1ccc2c(Cl)c(C=O)c(=O)oc2c1. The van der Waals surface area contributed by atoms with Crippen molar-refractivity contribution in [2.75, 3.05) is 7.11 Å². The van der Waals surface area contributed by atoms with Crippen molar-refractivity contribution in [3.05, 3.63) is 39.2 Å². The fourth-order valence-electron chi connectivity index (χ4n) is 1.38. The highest BCUT2D eigenvalue weighted by molar-refractivity contribution is 6.37. The molecular weight excluding hydrogens is 232 g/mol. The van der Waals surface area contributed by atoms with Gasteiger partial charge in [0.2, 0.25) is 0 Å². The third kappa shape index (κ3) is 1.57. The number of ether oxygens (including phenoxy) is 1. The van der Waals surface area contributed by atoms with Gasteiger partial charge >= 0.3 is 5.63 Å². The molecule has 4 nitrogen and oxygen atoms in total. The van der Waals surface area contributed by atoms with Crippen molar-refractivity contribution in [3.8, 4) is 5.75 Å². The molecule has 0 radical (unpaired) electrons. The van der Waals surface area contributed by atoms with Gasteiger partial charge in [-0.25, -0.2) is 4.79 Å². The monoisotopic (exact) mass is 238 g/mol. The van der Waals surface area contributed by atoms with Crippen molar-refractivity contribution < 1.29 is 13.9 Å². The van der Waals surface area contributed by atoms with Crippen molar-refractivity contribution in [2.45, 2.75) is 0 Å². The lowest BCUT2D eigenvalue weighted by atomic mass is 10.2. The van der Waals surface area contributed by atoms with Crippen molar-refractivity contribution in [3.63, 3.8) is 0 Å². The fraction of sp³-hybridized carbons (Fsp3) is 0.0909. The summed E-state index contributed by atoms with van der Waals surface area (Å²) in [6.07, 6.45) is 0.387. The zero-order chi connectivity index (χ0) is 11.7. The van der Waals surface area contributed by atoms with Crippen LogP contribution in [0, 0.1) is 0 Å². The average molecular weight is 239 g/mol. The summed E-state index contributed by atoms with van der Waals surface area (Å²) < 4.78 is 9.94. The van der Waals surface area contributed by atoms with Crippen LogP contribution >= 0.6 is 11.6 Å².